The Morgan fingerprint density at radius 1 is 1.28 bits per heavy atom. The number of hydrogen-bond acceptors (Lipinski definition) is 4. The first-order valence-corrected chi connectivity index (χ1v) is 10.3. The van der Waals surface area contributed by atoms with Crippen molar-refractivity contribution < 1.29 is 14.3 Å². The molecule has 0 bridgehead atoms. The van der Waals surface area contributed by atoms with Gasteiger partial charge in [-0.3, -0.25) is 9.79 Å². The Morgan fingerprint density at radius 3 is 2.83 bits per heavy atom. The van der Waals surface area contributed by atoms with Crippen LogP contribution >= 0.6 is 24.0 Å². The molecule has 1 aliphatic heterocycles. The third-order valence-corrected chi connectivity index (χ3v) is 4.50. The molecule has 7 nitrogen and oxygen atoms in total. The molecule has 2 rings (SSSR count). The summed E-state index contributed by atoms with van der Waals surface area (Å²) in [6.07, 6.45) is 4.63. The van der Waals surface area contributed by atoms with Crippen molar-refractivity contribution in [3.05, 3.63) is 29.8 Å². The molecule has 0 saturated carbocycles. The lowest BCUT2D eigenvalue weighted by Gasteiger charge is -2.14. The molecule has 1 heterocycles. The Morgan fingerprint density at radius 2 is 2.10 bits per heavy atom. The van der Waals surface area contributed by atoms with Gasteiger partial charge in [-0.2, -0.15) is 0 Å². The molecule has 1 unspecified atom stereocenters. The number of ether oxygens (including phenoxy) is 2. The van der Waals surface area contributed by atoms with Crippen LogP contribution in [0, 0.1) is 0 Å². The number of anilines is 1. The van der Waals surface area contributed by atoms with E-state index in [2.05, 4.69) is 27.9 Å². The first-order valence-electron chi connectivity index (χ1n) is 10.3. The molecule has 1 amide bonds. The molecule has 1 atom stereocenters. The molecular formula is C21H35IN4O3. The molecule has 1 aromatic rings. The van der Waals surface area contributed by atoms with E-state index in [1.165, 1.54) is 0 Å². The number of halogens is 1. The van der Waals surface area contributed by atoms with Gasteiger partial charge < -0.3 is 25.4 Å². The van der Waals surface area contributed by atoms with Crippen LogP contribution in [0.15, 0.2) is 29.3 Å². The molecule has 3 N–H and O–H groups in total. The normalized spacial score (nSPS) is 16.2. The van der Waals surface area contributed by atoms with E-state index >= 15 is 0 Å². The van der Waals surface area contributed by atoms with Gasteiger partial charge in [0.15, 0.2) is 5.96 Å². The Kier molecular flexibility index (Phi) is 13.7. The van der Waals surface area contributed by atoms with E-state index in [9.17, 15) is 4.79 Å². The van der Waals surface area contributed by atoms with Crippen LogP contribution in [-0.2, 0) is 20.8 Å². The third-order valence-electron chi connectivity index (χ3n) is 4.50. The molecule has 0 spiro atoms. The van der Waals surface area contributed by atoms with Gasteiger partial charge in [-0.25, -0.2) is 0 Å². The van der Waals surface area contributed by atoms with E-state index in [-0.39, 0.29) is 36.0 Å². The summed E-state index contributed by atoms with van der Waals surface area (Å²) in [5.41, 5.74) is 1.85. The van der Waals surface area contributed by atoms with E-state index in [0.29, 0.717) is 13.2 Å². The number of rotatable bonds is 11. The van der Waals surface area contributed by atoms with Crippen molar-refractivity contribution in [3.8, 4) is 0 Å². The van der Waals surface area contributed by atoms with Gasteiger partial charge in [0, 0.05) is 45.6 Å². The topological polar surface area (TPSA) is 84.0 Å². The minimum Gasteiger partial charge on any atom is -0.381 e. The van der Waals surface area contributed by atoms with Gasteiger partial charge in [0.1, 0.15) is 6.10 Å². The summed E-state index contributed by atoms with van der Waals surface area (Å²) in [4.78, 5) is 16.4. The maximum atomic E-state index is 12.2. The van der Waals surface area contributed by atoms with Crippen molar-refractivity contribution in [2.24, 2.45) is 4.99 Å². The second-order valence-corrected chi connectivity index (χ2v) is 6.86. The Balaban J connectivity index is 0.00000420. The maximum absolute atomic E-state index is 12.2. The monoisotopic (exact) mass is 518 g/mol. The fraction of sp³-hybridized carbons (Fsp3) is 0.619. The number of aliphatic imine (C=N–C) groups is 1. The first-order chi connectivity index (χ1) is 13.7. The zero-order valence-corrected chi connectivity index (χ0v) is 19.9. The summed E-state index contributed by atoms with van der Waals surface area (Å²) in [6.45, 7) is 5.85. The highest BCUT2D eigenvalue weighted by Crippen LogP contribution is 2.16. The van der Waals surface area contributed by atoms with E-state index < -0.39 is 0 Å². The lowest BCUT2D eigenvalue weighted by molar-refractivity contribution is -0.124. The van der Waals surface area contributed by atoms with Crippen LogP contribution < -0.4 is 16.0 Å². The van der Waals surface area contributed by atoms with Crippen LogP contribution in [0.5, 0.6) is 0 Å². The van der Waals surface area contributed by atoms with Crippen LogP contribution in [0.2, 0.25) is 0 Å². The van der Waals surface area contributed by atoms with Crippen molar-refractivity contribution in [1.82, 2.24) is 10.6 Å². The Bertz CT molecular complexity index is 622. The number of unbranched alkanes of at least 4 members (excludes halogenated alkanes) is 1. The van der Waals surface area contributed by atoms with E-state index in [1.54, 1.807) is 7.05 Å². The molecule has 0 aliphatic carbocycles. The average molecular weight is 518 g/mol. The number of hydrogen-bond donors (Lipinski definition) is 3. The second-order valence-electron chi connectivity index (χ2n) is 6.86. The quantitative estimate of drug-likeness (QED) is 0.181. The summed E-state index contributed by atoms with van der Waals surface area (Å²) in [6, 6.07) is 7.81. The number of carbonyl (C=O) groups excluding carboxylic acids is 1. The summed E-state index contributed by atoms with van der Waals surface area (Å²) in [5.74, 6) is 0.684. The predicted molar refractivity (Wildman–Crippen MR) is 128 cm³/mol. The number of carbonyl (C=O) groups is 1. The number of nitrogens with zero attached hydrogens (tertiary/aromatic N) is 1. The zero-order valence-electron chi connectivity index (χ0n) is 17.5. The molecule has 0 aromatic heterocycles. The molecule has 164 valence electrons. The van der Waals surface area contributed by atoms with Crippen LogP contribution in [-0.4, -0.2) is 51.4 Å². The third kappa shape index (κ3) is 10.3. The largest absolute Gasteiger partial charge is 0.381 e. The van der Waals surface area contributed by atoms with E-state index in [4.69, 9.17) is 9.47 Å². The first kappa shape index (κ1) is 25.6. The van der Waals surface area contributed by atoms with Crippen LogP contribution in [0.1, 0.15) is 44.6 Å². The van der Waals surface area contributed by atoms with Crippen molar-refractivity contribution in [1.29, 1.82) is 0 Å². The summed E-state index contributed by atoms with van der Waals surface area (Å²) in [7, 11) is 1.76. The minimum absolute atomic E-state index is 0. The van der Waals surface area contributed by atoms with Gasteiger partial charge in [-0.05, 0) is 43.4 Å². The smallest absolute Gasteiger partial charge is 0.253 e. The molecule has 29 heavy (non-hydrogen) atoms. The SMILES string of the molecule is CCCCOCCCNC(=NC)NCc1cccc(NC(=O)C2CCCO2)c1.I. The summed E-state index contributed by atoms with van der Waals surface area (Å²) >= 11 is 0. The van der Waals surface area contributed by atoms with Gasteiger partial charge in [0.25, 0.3) is 5.91 Å². The van der Waals surface area contributed by atoms with Gasteiger partial charge in [-0.1, -0.05) is 25.5 Å². The number of benzene rings is 1. The summed E-state index contributed by atoms with van der Waals surface area (Å²) in [5, 5.41) is 9.52. The zero-order chi connectivity index (χ0) is 20.0. The number of guanidine groups is 1. The number of amides is 1. The van der Waals surface area contributed by atoms with Crippen molar-refractivity contribution in [3.63, 3.8) is 0 Å². The highest BCUT2D eigenvalue weighted by molar-refractivity contribution is 14.0. The maximum Gasteiger partial charge on any atom is 0.253 e. The highest BCUT2D eigenvalue weighted by Gasteiger charge is 2.23. The summed E-state index contributed by atoms with van der Waals surface area (Å²) < 4.78 is 11.0. The Hall–Kier alpha value is -1.39. The highest BCUT2D eigenvalue weighted by atomic mass is 127. The standard InChI is InChI=1S/C21H34N4O3.HI/c1-3-4-12-27-13-7-11-23-21(22-2)24-16-17-8-5-9-18(15-17)25-20(26)19-10-6-14-28-19;/h5,8-9,15,19H,3-4,6-7,10-14,16H2,1-2H3,(H,25,26)(H2,22,23,24);1H. The lowest BCUT2D eigenvalue weighted by Crippen LogP contribution is -2.37. The lowest BCUT2D eigenvalue weighted by atomic mass is 10.2. The van der Waals surface area contributed by atoms with Crippen LogP contribution in [0.25, 0.3) is 0 Å². The van der Waals surface area contributed by atoms with E-state index in [0.717, 1.165) is 69.1 Å². The van der Waals surface area contributed by atoms with Crippen LogP contribution in [0.3, 0.4) is 0 Å². The van der Waals surface area contributed by atoms with Crippen LogP contribution in [0.4, 0.5) is 5.69 Å². The van der Waals surface area contributed by atoms with Gasteiger partial charge in [-0.15, -0.1) is 24.0 Å². The molecule has 1 saturated heterocycles. The van der Waals surface area contributed by atoms with Crippen molar-refractivity contribution in [2.45, 2.75) is 51.7 Å². The fourth-order valence-corrected chi connectivity index (χ4v) is 2.90. The van der Waals surface area contributed by atoms with Crippen molar-refractivity contribution >= 4 is 41.5 Å². The minimum atomic E-state index is -0.323. The molecule has 1 fully saturated rings. The molecule has 8 heteroatoms. The second kappa shape index (κ2) is 15.4. The predicted octanol–water partition coefficient (Wildman–Crippen LogP) is 3.29. The van der Waals surface area contributed by atoms with Gasteiger partial charge >= 0.3 is 0 Å². The van der Waals surface area contributed by atoms with Gasteiger partial charge in [0.2, 0.25) is 0 Å². The van der Waals surface area contributed by atoms with Gasteiger partial charge in [0.05, 0.1) is 0 Å². The molecule has 1 aromatic carbocycles. The molecule has 1 aliphatic rings. The molecule has 0 radical (unpaired) electrons. The fourth-order valence-electron chi connectivity index (χ4n) is 2.90. The van der Waals surface area contributed by atoms with E-state index in [1.807, 2.05) is 24.3 Å². The molecular weight excluding hydrogens is 483 g/mol. The van der Waals surface area contributed by atoms with Crippen molar-refractivity contribution in [2.75, 3.05) is 38.7 Å². The number of nitrogens with one attached hydrogen (secondary N) is 3. The Labute approximate surface area is 191 Å². The average Bonchev–Trinajstić information content (AvgIpc) is 3.25.